The summed E-state index contributed by atoms with van der Waals surface area (Å²) in [4.78, 5) is 10.9. The zero-order chi connectivity index (χ0) is 8.20. The minimum absolute atomic E-state index is 0.188. The topological polar surface area (TPSA) is 29.1 Å². The predicted octanol–water partition coefficient (Wildman–Crippen LogP) is 2.13. The number of carbonyl (C=O) groups excluding carboxylic acids is 1. The largest absolute Gasteiger partial charge is 0.350 e. The van der Waals surface area contributed by atoms with Crippen molar-refractivity contribution in [1.82, 2.24) is 5.32 Å². The third-order valence-electron chi connectivity index (χ3n) is 0.664. The lowest BCUT2D eigenvalue weighted by Gasteiger charge is -2.10. The first kappa shape index (κ1) is 10.7. The van der Waals surface area contributed by atoms with Gasteiger partial charge in [0, 0.05) is 6.54 Å². The molecule has 0 aliphatic carbocycles. The maximum atomic E-state index is 10.9. The van der Waals surface area contributed by atoms with E-state index in [9.17, 15) is 4.79 Å². The smallest absolute Gasteiger partial charge is 0.258 e. The fourth-order valence-electron chi connectivity index (χ4n) is 0.265. The molecule has 0 aromatic rings. The van der Waals surface area contributed by atoms with Gasteiger partial charge >= 0.3 is 0 Å². The molecule has 10 heavy (non-hydrogen) atoms. The minimum atomic E-state index is -0.851. The summed E-state index contributed by atoms with van der Waals surface area (Å²) in [5, 5.41) is 2.57. The Kier molecular flexibility index (Phi) is 4.81. The summed E-state index contributed by atoms with van der Waals surface area (Å²) in [6.45, 7) is 3.92. The van der Waals surface area contributed by atoms with Gasteiger partial charge in [0.15, 0.2) is 0 Å². The monoisotopic (exact) mass is 333 g/mol. The van der Waals surface area contributed by atoms with Crippen LogP contribution >= 0.6 is 47.8 Å². The van der Waals surface area contributed by atoms with Crippen LogP contribution in [0, 0.1) is 0 Å². The zero-order valence-corrected chi connectivity index (χ0v) is 9.79. The average Bonchev–Trinajstić information content (AvgIpc) is 1.80. The van der Waals surface area contributed by atoms with Crippen LogP contribution in [0.15, 0.2) is 12.7 Å². The number of hydrogen-bond donors (Lipinski definition) is 1. The second-order valence-corrected chi connectivity index (χ2v) is 8.26. The van der Waals surface area contributed by atoms with Gasteiger partial charge in [0.1, 0.15) is 0 Å². The molecule has 0 aliphatic heterocycles. The van der Waals surface area contributed by atoms with Crippen molar-refractivity contribution in [2.75, 3.05) is 6.54 Å². The maximum absolute atomic E-state index is 10.9. The molecule has 0 aromatic heterocycles. The number of hydrogen-bond acceptors (Lipinski definition) is 1. The van der Waals surface area contributed by atoms with Crippen LogP contribution in [-0.2, 0) is 4.79 Å². The number of halogens is 3. The summed E-state index contributed by atoms with van der Waals surface area (Å²) in [6.07, 6.45) is 1.61. The van der Waals surface area contributed by atoms with E-state index in [0.29, 0.717) is 6.54 Å². The summed E-state index contributed by atoms with van der Waals surface area (Å²) < 4.78 is -0.851. The molecule has 0 aromatic carbocycles. The summed E-state index contributed by atoms with van der Waals surface area (Å²) in [5.41, 5.74) is 0. The first-order chi connectivity index (χ1) is 4.48. The van der Waals surface area contributed by atoms with E-state index in [1.807, 2.05) is 0 Å². The Balaban J connectivity index is 3.74. The van der Waals surface area contributed by atoms with Gasteiger partial charge in [0.25, 0.3) is 5.91 Å². The van der Waals surface area contributed by atoms with Gasteiger partial charge in [0.05, 0.1) is 0 Å². The van der Waals surface area contributed by atoms with Gasteiger partial charge in [-0.15, -0.1) is 6.58 Å². The highest BCUT2D eigenvalue weighted by molar-refractivity contribution is 9.40. The third-order valence-corrected chi connectivity index (χ3v) is 1.74. The van der Waals surface area contributed by atoms with Crippen molar-refractivity contribution in [2.24, 2.45) is 0 Å². The first-order valence-electron chi connectivity index (χ1n) is 2.44. The second kappa shape index (κ2) is 4.51. The number of alkyl halides is 3. The molecule has 0 spiro atoms. The molecule has 0 heterocycles. The third kappa shape index (κ3) is 4.46. The Labute approximate surface area is 84.8 Å². The molecule has 0 fully saturated rings. The average molecular weight is 336 g/mol. The van der Waals surface area contributed by atoms with E-state index >= 15 is 0 Å². The highest BCUT2D eigenvalue weighted by atomic mass is 80.0. The summed E-state index contributed by atoms with van der Waals surface area (Å²) in [5.74, 6) is -0.188. The summed E-state index contributed by atoms with van der Waals surface area (Å²) in [6, 6.07) is 0. The lowest BCUT2D eigenvalue weighted by Crippen LogP contribution is -2.33. The summed E-state index contributed by atoms with van der Waals surface area (Å²) >= 11 is 9.18. The van der Waals surface area contributed by atoms with Crippen LogP contribution in [-0.4, -0.2) is 14.6 Å². The van der Waals surface area contributed by atoms with Gasteiger partial charge in [-0.25, -0.2) is 0 Å². The van der Waals surface area contributed by atoms with Crippen LogP contribution in [0.25, 0.3) is 0 Å². The molecule has 0 radical (unpaired) electrons. The normalized spacial score (nSPS) is 10.7. The van der Waals surface area contributed by atoms with Crippen molar-refractivity contribution in [3.8, 4) is 0 Å². The van der Waals surface area contributed by atoms with Crippen molar-refractivity contribution in [2.45, 2.75) is 2.14 Å². The minimum Gasteiger partial charge on any atom is -0.350 e. The van der Waals surface area contributed by atoms with Crippen LogP contribution in [0.1, 0.15) is 0 Å². The van der Waals surface area contributed by atoms with Gasteiger partial charge in [-0.2, -0.15) is 0 Å². The van der Waals surface area contributed by atoms with E-state index in [1.54, 1.807) is 6.08 Å². The molecule has 5 heteroatoms. The molecule has 0 aliphatic rings. The molecule has 0 unspecified atom stereocenters. The van der Waals surface area contributed by atoms with E-state index in [4.69, 9.17) is 0 Å². The van der Waals surface area contributed by atoms with Gasteiger partial charge in [0.2, 0.25) is 2.14 Å². The first-order valence-corrected chi connectivity index (χ1v) is 4.82. The zero-order valence-electron chi connectivity index (χ0n) is 5.03. The van der Waals surface area contributed by atoms with Gasteiger partial charge < -0.3 is 5.32 Å². The van der Waals surface area contributed by atoms with E-state index < -0.39 is 2.14 Å². The summed E-state index contributed by atoms with van der Waals surface area (Å²) in [7, 11) is 0. The lowest BCUT2D eigenvalue weighted by atomic mass is 10.6. The molecule has 0 rings (SSSR count). The molecule has 0 saturated heterocycles. The fourth-order valence-corrected chi connectivity index (χ4v) is 0.686. The highest BCUT2D eigenvalue weighted by Gasteiger charge is 2.27. The van der Waals surface area contributed by atoms with Crippen molar-refractivity contribution < 1.29 is 4.79 Å². The van der Waals surface area contributed by atoms with Crippen molar-refractivity contribution in [3.05, 3.63) is 12.7 Å². The van der Waals surface area contributed by atoms with Crippen LogP contribution in [0.4, 0.5) is 0 Å². The Bertz CT molecular complexity index is 140. The molecule has 1 amide bonds. The van der Waals surface area contributed by atoms with E-state index in [0.717, 1.165) is 0 Å². The second-order valence-electron chi connectivity index (χ2n) is 1.50. The van der Waals surface area contributed by atoms with Gasteiger partial charge in [-0.1, -0.05) is 6.08 Å². The SMILES string of the molecule is C=CCNC(=O)C(Br)(Br)Br. The molecule has 0 bridgehead atoms. The fraction of sp³-hybridized carbons (Fsp3) is 0.400. The van der Waals surface area contributed by atoms with Gasteiger partial charge in [-0.3, -0.25) is 4.79 Å². The Hall–Kier alpha value is 0.650. The van der Waals surface area contributed by atoms with Crippen LogP contribution in [0.5, 0.6) is 0 Å². The predicted molar refractivity (Wildman–Crippen MR) is 52.7 cm³/mol. The van der Waals surface area contributed by atoms with E-state index in [2.05, 4.69) is 59.7 Å². The van der Waals surface area contributed by atoms with Crippen molar-refractivity contribution in [1.29, 1.82) is 0 Å². The maximum Gasteiger partial charge on any atom is 0.258 e. The Morgan fingerprint density at radius 1 is 1.60 bits per heavy atom. The quantitative estimate of drug-likeness (QED) is 0.608. The van der Waals surface area contributed by atoms with Gasteiger partial charge in [-0.05, 0) is 47.8 Å². The molecule has 58 valence electrons. The standard InChI is InChI=1S/C5H6Br3NO/c1-2-3-9-4(10)5(6,7)8/h2H,1,3H2,(H,9,10). The van der Waals surface area contributed by atoms with Crippen molar-refractivity contribution >= 4 is 53.7 Å². The van der Waals surface area contributed by atoms with Crippen LogP contribution in [0.3, 0.4) is 0 Å². The number of carbonyl (C=O) groups is 1. The molecule has 0 saturated carbocycles. The van der Waals surface area contributed by atoms with E-state index in [1.165, 1.54) is 0 Å². The van der Waals surface area contributed by atoms with Crippen LogP contribution in [0.2, 0.25) is 0 Å². The molecule has 0 atom stereocenters. The lowest BCUT2D eigenvalue weighted by molar-refractivity contribution is -0.119. The molecular weight excluding hydrogens is 330 g/mol. The number of rotatable bonds is 2. The van der Waals surface area contributed by atoms with Crippen LogP contribution < -0.4 is 5.32 Å². The Morgan fingerprint density at radius 2 is 2.10 bits per heavy atom. The molecule has 2 nitrogen and oxygen atoms in total. The van der Waals surface area contributed by atoms with E-state index in [-0.39, 0.29) is 5.91 Å². The highest BCUT2D eigenvalue weighted by Crippen LogP contribution is 2.33. The van der Waals surface area contributed by atoms with Crippen molar-refractivity contribution in [3.63, 3.8) is 0 Å². The molecule has 1 N–H and O–H groups in total. The Morgan fingerprint density at radius 3 is 2.40 bits per heavy atom. The number of amides is 1. The number of nitrogens with one attached hydrogen (secondary N) is 1. The molecular formula is C5H6Br3NO.